The molecule has 0 saturated heterocycles. The molecule has 90 valence electrons. The Morgan fingerprint density at radius 3 is 2.56 bits per heavy atom. The number of thiocarbonyl (C=S) groups is 1. The van der Waals surface area contributed by atoms with E-state index < -0.39 is 0 Å². The van der Waals surface area contributed by atoms with Crippen LogP contribution in [0.2, 0.25) is 0 Å². The summed E-state index contributed by atoms with van der Waals surface area (Å²) < 4.78 is 0.970. The first-order valence-electron chi connectivity index (χ1n) is 5.91. The van der Waals surface area contributed by atoms with Gasteiger partial charge in [-0.2, -0.15) is 0 Å². The van der Waals surface area contributed by atoms with Crippen molar-refractivity contribution in [2.24, 2.45) is 0 Å². The van der Waals surface area contributed by atoms with Gasteiger partial charge in [0.1, 0.15) is 4.32 Å². The summed E-state index contributed by atoms with van der Waals surface area (Å²) in [6.07, 6.45) is 0. The van der Waals surface area contributed by atoms with Gasteiger partial charge in [-0.1, -0.05) is 72.5 Å². The summed E-state index contributed by atoms with van der Waals surface area (Å²) in [7, 11) is 0. The lowest BCUT2D eigenvalue weighted by atomic mass is 10.2. The Labute approximate surface area is 117 Å². The molecule has 1 nitrogen and oxygen atoms in total. The Balaban J connectivity index is 1.81. The van der Waals surface area contributed by atoms with Gasteiger partial charge in [-0.25, -0.2) is 0 Å². The van der Waals surface area contributed by atoms with E-state index in [0.29, 0.717) is 0 Å². The van der Waals surface area contributed by atoms with E-state index in [-0.39, 0.29) is 0 Å². The Hall–Kier alpha value is -1.32. The first-order chi connectivity index (χ1) is 8.83. The second kappa shape index (κ2) is 5.12. The maximum atomic E-state index is 5.49. The minimum atomic E-state index is 0.890. The van der Waals surface area contributed by atoms with Crippen molar-refractivity contribution < 1.29 is 0 Å². The third kappa shape index (κ3) is 2.42. The third-order valence-corrected chi connectivity index (χ3v) is 4.56. The van der Waals surface area contributed by atoms with Gasteiger partial charge in [0.05, 0.1) is 0 Å². The zero-order valence-corrected chi connectivity index (χ0v) is 11.5. The van der Waals surface area contributed by atoms with Crippen LogP contribution in [0, 0.1) is 0 Å². The molecule has 0 unspecified atom stereocenters. The lowest BCUT2D eigenvalue weighted by Crippen LogP contribution is -2.29. The summed E-state index contributed by atoms with van der Waals surface area (Å²) in [6.45, 7) is 1.80. The normalized spacial score (nSPS) is 14.4. The van der Waals surface area contributed by atoms with Gasteiger partial charge in [-0.05, 0) is 17.2 Å². The van der Waals surface area contributed by atoms with Crippen molar-refractivity contribution in [1.82, 2.24) is 4.90 Å². The van der Waals surface area contributed by atoms with Crippen LogP contribution in [0.5, 0.6) is 0 Å². The summed E-state index contributed by atoms with van der Waals surface area (Å²) in [5.74, 6) is 0. The highest BCUT2D eigenvalue weighted by Crippen LogP contribution is 2.32. The molecule has 3 heteroatoms. The maximum Gasteiger partial charge on any atom is 0.141 e. The van der Waals surface area contributed by atoms with Crippen LogP contribution in [-0.2, 0) is 13.1 Å². The molecular weight excluding hydrogens is 258 g/mol. The van der Waals surface area contributed by atoms with Crippen LogP contribution in [0.15, 0.2) is 59.5 Å². The Morgan fingerprint density at radius 1 is 1.00 bits per heavy atom. The van der Waals surface area contributed by atoms with E-state index in [1.165, 1.54) is 16.0 Å². The number of rotatable bonds is 2. The van der Waals surface area contributed by atoms with Gasteiger partial charge in [0.2, 0.25) is 0 Å². The zero-order chi connectivity index (χ0) is 12.4. The highest BCUT2D eigenvalue weighted by Gasteiger charge is 2.20. The molecule has 0 bridgehead atoms. The maximum absolute atomic E-state index is 5.49. The average Bonchev–Trinajstić information content (AvgIpc) is 2.41. The molecule has 0 amide bonds. The molecule has 18 heavy (non-hydrogen) atoms. The average molecular weight is 271 g/mol. The van der Waals surface area contributed by atoms with Gasteiger partial charge < -0.3 is 4.90 Å². The molecule has 2 aromatic carbocycles. The quantitative estimate of drug-likeness (QED) is 0.758. The van der Waals surface area contributed by atoms with E-state index in [4.69, 9.17) is 12.2 Å². The fourth-order valence-corrected chi connectivity index (χ4v) is 3.34. The molecular formula is C15H13NS2. The lowest BCUT2D eigenvalue weighted by Gasteiger charge is -2.30. The van der Waals surface area contributed by atoms with Crippen molar-refractivity contribution in [3.8, 4) is 0 Å². The topological polar surface area (TPSA) is 3.24 Å². The Morgan fingerprint density at radius 2 is 1.72 bits per heavy atom. The molecule has 2 aromatic rings. The molecule has 0 N–H and O–H groups in total. The van der Waals surface area contributed by atoms with E-state index in [9.17, 15) is 0 Å². The van der Waals surface area contributed by atoms with E-state index in [1.54, 1.807) is 11.8 Å². The predicted molar refractivity (Wildman–Crippen MR) is 80.6 cm³/mol. The smallest absolute Gasteiger partial charge is 0.141 e. The summed E-state index contributed by atoms with van der Waals surface area (Å²) in [5.41, 5.74) is 2.67. The lowest BCUT2D eigenvalue weighted by molar-refractivity contribution is 0.414. The summed E-state index contributed by atoms with van der Waals surface area (Å²) in [4.78, 5) is 3.56. The fraction of sp³-hybridized carbons (Fsp3) is 0.133. The van der Waals surface area contributed by atoms with Crippen LogP contribution in [-0.4, -0.2) is 9.22 Å². The minimum Gasteiger partial charge on any atom is -0.349 e. The molecule has 0 radical (unpaired) electrons. The van der Waals surface area contributed by atoms with Crippen molar-refractivity contribution in [3.05, 3.63) is 65.7 Å². The van der Waals surface area contributed by atoms with Crippen molar-refractivity contribution in [1.29, 1.82) is 0 Å². The second-order valence-corrected chi connectivity index (χ2v) is 5.99. The van der Waals surface area contributed by atoms with Crippen LogP contribution in [0.4, 0.5) is 0 Å². The standard InChI is InChI=1S/C15H13NS2/c17-15-16(10-12-6-2-1-3-7-12)11-13-8-4-5-9-14(13)18-15/h1-9H,10-11H2. The van der Waals surface area contributed by atoms with Crippen LogP contribution in [0.1, 0.15) is 11.1 Å². The van der Waals surface area contributed by atoms with Crippen molar-refractivity contribution in [2.75, 3.05) is 0 Å². The second-order valence-electron chi connectivity index (χ2n) is 4.32. The highest BCUT2D eigenvalue weighted by molar-refractivity contribution is 8.23. The van der Waals surface area contributed by atoms with Crippen LogP contribution in [0.25, 0.3) is 0 Å². The Kier molecular flexibility index (Phi) is 3.35. The number of benzene rings is 2. The molecule has 1 aliphatic heterocycles. The molecule has 0 saturated carbocycles. The predicted octanol–water partition coefficient (Wildman–Crippen LogP) is 4.08. The monoisotopic (exact) mass is 271 g/mol. The summed E-state index contributed by atoms with van der Waals surface area (Å²) in [6, 6.07) is 19.0. The van der Waals surface area contributed by atoms with E-state index in [2.05, 4.69) is 53.4 Å². The number of hydrogen-bond acceptors (Lipinski definition) is 2. The van der Waals surface area contributed by atoms with Crippen LogP contribution >= 0.6 is 24.0 Å². The third-order valence-electron chi connectivity index (χ3n) is 3.01. The van der Waals surface area contributed by atoms with E-state index >= 15 is 0 Å². The van der Waals surface area contributed by atoms with Gasteiger partial charge in [0.25, 0.3) is 0 Å². The minimum absolute atomic E-state index is 0.890. The van der Waals surface area contributed by atoms with E-state index in [0.717, 1.165) is 17.4 Å². The fourth-order valence-electron chi connectivity index (χ4n) is 2.09. The molecule has 0 spiro atoms. The number of hydrogen-bond donors (Lipinski definition) is 0. The van der Waals surface area contributed by atoms with Crippen molar-refractivity contribution in [2.45, 2.75) is 18.0 Å². The molecule has 3 rings (SSSR count). The first-order valence-corrected chi connectivity index (χ1v) is 7.14. The van der Waals surface area contributed by atoms with Crippen molar-refractivity contribution >= 4 is 28.3 Å². The van der Waals surface area contributed by atoms with Crippen LogP contribution in [0.3, 0.4) is 0 Å². The zero-order valence-electron chi connectivity index (χ0n) is 9.87. The van der Waals surface area contributed by atoms with Gasteiger partial charge in [-0.3, -0.25) is 0 Å². The number of thioether (sulfide) groups is 1. The van der Waals surface area contributed by atoms with Gasteiger partial charge in [0.15, 0.2) is 0 Å². The van der Waals surface area contributed by atoms with Gasteiger partial charge in [-0.15, -0.1) is 0 Å². The SMILES string of the molecule is S=C1Sc2ccccc2CN1Cc1ccccc1. The number of nitrogens with zero attached hydrogens (tertiary/aromatic N) is 1. The summed E-state index contributed by atoms with van der Waals surface area (Å²) in [5, 5.41) is 0. The first kappa shape index (κ1) is 11.8. The van der Waals surface area contributed by atoms with Crippen LogP contribution < -0.4 is 0 Å². The highest BCUT2D eigenvalue weighted by atomic mass is 32.2. The molecule has 1 heterocycles. The number of fused-ring (bicyclic) bond motifs is 1. The van der Waals surface area contributed by atoms with Crippen molar-refractivity contribution in [3.63, 3.8) is 0 Å². The molecule has 0 fully saturated rings. The molecule has 1 aliphatic rings. The summed E-state index contributed by atoms with van der Waals surface area (Å²) >= 11 is 7.19. The molecule has 0 aromatic heterocycles. The molecule has 0 atom stereocenters. The van der Waals surface area contributed by atoms with Gasteiger partial charge >= 0.3 is 0 Å². The Bertz CT molecular complexity index is 566. The largest absolute Gasteiger partial charge is 0.349 e. The van der Waals surface area contributed by atoms with Gasteiger partial charge in [0, 0.05) is 18.0 Å². The van der Waals surface area contributed by atoms with E-state index in [1.807, 2.05) is 6.07 Å². The molecule has 0 aliphatic carbocycles.